The molecule has 0 atom stereocenters. The number of carbonyl (C=O) groups is 1. The molecule has 0 saturated heterocycles. The van der Waals surface area contributed by atoms with Crippen LogP contribution in [0.25, 0.3) is 22.2 Å². The zero-order chi connectivity index (χ0) is 17.9. The Hall–Kier alpha value is -3.75. The number of nitrogens with zero attached hydrogens (tertiary/aromatic N) is 3. The highest BCUT2D eigenvalue weighted by Crippen LogP contribution is 2.26. The van der Waals surface area contributed by atoms with Gasteiger partial charge in [-0.15, -0.1) is 0 Å². The molecule has 0 fully saturated rings. The number of rotatable bonds is 4. The van der Waals surface area contributed by atoms with Crippen LogP contribution in [0, 0.1) is 5.82 Å². The number of hydrogen-bond acceptors (Lipinski definition) is 5. The van der Waals surface area contributed by atoms with Gasteiger partial charge in [-0.05, 0) is 24.3 Å². The minimum Gasteiger partial charge on any atom is -0.360 e. The molecule has 130 valence electrons. The number of fused-ring (bicyclic) bond motifs is 1. The summed E-state index contributed by atoms with van der Waals surface area (Å²) >= 11 is 0. The number of carbonyl (C=O) groups excluding carboxylic acids is 1. The van der Waals surface area contributed by atoms with Gasteiger partial charge in [0.15, 0.2) is 5.76 Å². The normalized spacial score (nSPS) is 10.8. The molecule has 9 heteroatoms. The molecule has 0 bridgehead atoms. The van der Waals surface area contributed by atoms with Crippen molar-refractivity contribution in [1.29, 1.82) is 0 Å². The van der Waals surface area contributed by atoms with Gasteiger partial charge < -0.3 is 9.84 Å². The van der Waals surface area contributed by atoms with Crippen molar-refractivity contribution in [2.75, 3.05) is 5.32 Å². The lowest BCUT2D eigenvalue weighted by Gasteiger charge is -2.05. The van der Waals surface area contributed by atoms with Gasteiger partial charge in [0.25, 0.3) is 0 Å². The van der Waals surface area contributed by atoms with E-state index in [9.17, 15) is 9.18 Å². The summed E-state index contributed by atoms with van der Waals surface area (Å²) in [4.78, 5) is 16.1. The van der Waals surface area contributed by atoms with Crippen LogP contribution in [-0.2, 0) is 6.54 Å². The number of urea groups is 1. The molecular formula is C17H13FN6O2. The minimum atomic E-state index is -0.425. The number of aromatic nitrogens is 4. The second-order valence-corrected chi connectivity index (χ2v) is 5.48. The van der Waals surface area contributed by atoms with Gasteiger partial charge in [0, 0.05) is 29.3 Å². The molecule has 2 amide bonds. The SMILES string of the molecule is O=C(NCc1ccno1)Nc1cc2[nH]nc(-c3ccc(F)cc3)c2cn1. The average molecular weight is 352 g/mol. The largest absolute Gasteiger partial charge is 0.360 e. The van der Waals surface area contributed by atoms with Gasteiger partial charge in [0.1, 0.15) is 17.3 Å². The third-order valence-corrected chi connectivity index (χ3v) is 3.72. The zero-order valence-corrected chi connectivity index (χ0v) is 13.4. The molecule has 1 aromatic carbocycles. The first kappa shape index (κ1) is 15.8. The van der Waals surface area contributed by atoms with Crippen molar-refractivity contribution in [2.45, 2.75) is 6.54 Å². The Morgan fingerprint density at radius 2 is 2.08 bits per heavy atom. The van der Waals surface area contributed by atoms with Crippen LogP contribution >= 0.6 is 0 Å². The van der Waals surface area contributed by atoms with Crippen LogP contribution < -0.4 is 10.6 Å². The van der Waals surface area contributed by atoms with Crippen LogP contribution in [0.4, 0.5) is 15.0 Å². The lowest BCUT2D eigenvalue weighted by molar-refractivity contribution is 0.250. The number of hydrogen-bond donors (Lipinski definition) is 3. The summed E-state index contributed by atoms with van der Waals surface area (Å²) in [5, 5.41) is 16.7. The molecular weight excluding hydrogens is 339 g/mol. The van der Waals surface area contributed by atoms with E-state index in [0.29, 0.717) is 22.8 Å². The van der Waals surface area contributed by atoms with Crippen LogP contribution in [0.1, 0.15) is 5.76 Å². The number of amides is 2. The molecule has 8 nitrogen and oxygen atoms in total. The molecule has 0 unspecified atom stereocenters. The summed E-state index contributed by atoms with van der Waals surface area (Å²) in [6, 6.07) is 8.94. The molecule has 4 aromatic rings. The Morgan fingerprint density at radius 1 is 1.23 bits per heavy atom. The second kappa shape index (κ2) is 6.63. The summed E-state index contributed by atoms with van der Waals surface area (Å²) in [6.07, 6.45) is 3.10. The van der Waals surface area contributed by atoms with Gasteiger partial charge in [-0.2, -0.15) is 5.10 Å². The standard InChI is InChI=1S/C17H13FN6O2/c18-11-3-1-10(2-4-11)16-13-9-19-15(7-14(13)23-24-16)22-17(25)20-8-12-5-6-21-26-12/h1-7,9H,8H2,(H,23,24)(H2,19,20,22,25). The van der Waals surface area contributed by atoms with Crippen LogP contribution in [0.5, 0.6) is 0 Å². The number of nitrogens with one attached hydrogen (secondary N) is 3. The number of aromatic amines is 1. The van der Waals surface area contributed by atoms with E-state index in [4.69, 9.17) is 4.52 Å². The molecule has 4 rings (SSSR count). The molecule has 0 spiro atoms. The summed E-state index contributed by atoms with van der Waals surface area (Å²) in [6.45, 7) is 0.215. The molecule has 0 aliphatic rings. The van der Waals surface area contributed by atoms with E-state index >= 15 is 0 Å². The first-order valence-electron chi connectivity index (χ1n) is 7.73. The van der Waals surface area contributed by atoms with Crippen molar-refractivity contribution in [3.63, 3.8) is 0 Å². The molecule has 3 heterocycles. The number of H-pyrrole nitrogens is 1. The van der Waals surface area contributed by atoms with Crippen molar-refractivity contribution in [2.24, 2.45) is 0 Å². The van der Waals surface area contributed by atoms with Crippen LogP contribution in [0.15, 0.2) is 53.3 Å². The highest BCUT2D eigenvalue weighted by Gasteiger charge is 2.11. The highest BCUT2D eigenvalue weighted by atomic mass is 19.1. The van der Waals surface area contributed by atoms with E-state index in [0.717, 1.165) is 10.9 Å². The monoisotopic (exact) mass is 352 g/mol. The molecule has 0 saturated carbocycles. The van der Waals surface area contributed by atoms with Crippen molar-refractivity contribution in [1.82, 2.24) is 25.7 Å². The number of halogens is 1. The van der Waals surface area contributed by atoms with E-state index in [1.165, 1.54) is 18.3 Å². The molecule has 0 aliphatic carbocycles. The minimum absolute atomic E-state index is 0.215. The summed E-state index contributed by atoms with van der Waals surface area (Å²) < 4.78 is 18.0. The highest BCUT2D eigenvalue weighted by molar-refractivity contribution is 5.95. The number of benzene rings is 1. The van der Waals surface area contributed by atoms with Crippen molar-refractivity contribution in [3.05, 3.63) is 60.4 Å². The third kappa shape index (κ3) is 3.22. The zero-order valence-electron chi connectivity index (χ0n) is 13.4. The maximum absolute atomic E-state index is 13.1. The number of anilines is 1. The predicted octanol–water partition coefficient (Wildman–Crippen LogP) is 3.07. The fraction of sp³-hybridized carbons (Fsp3) is 0.0588. The number of pyridine rings is 1. The van der Waals surface area contributed by atoms with Gasteiger partial charge >= 0.3 is 6.03 Å². The Bertz CT molecular complexity index is 1040. The van der Waals surface area contributed by atoms with Crippen LogP contribution in [0.3, 0.4) is 0 Å². The van der Waals surface area contributed by atoms with Crippen LogP contribution in [-0.4, -0.2) is 26.4 Å². The van der Waals surface area contributed by atoms with Crippen molar-refractivity contribution in [3.8, 4) is 11.3 Å². The lowest BCUT2D eigenvalue weighted by Crippen LogP contribution is -2.28. The van der Waals surface area contributed by atoms with Gasteiger partial charge in [0.05, 0.1) is 18.3 Å². The maximum Gasteiger partial charge on any atom is 0.320 e. The predicted molar refractivity (Wildman–Crippen MR) is 91.6 cm³/mol. The average Bonchev–Trinajstić information content (AvgIpc) is 3.30. The van der Waals surface area contributed by atoms with Gasteiger partial charge in [-0.25, -0.2) is 14.2 Å². The first-order chi connectivity index (χ1) is 12.7. The molecule has 0 radical (unpaired) electrons. The quantitative estimate of drug-likeness (QED) is 0.523. The van der Waals surface area contributed by atoms with Crippen molar-refractivity contribution >= 4 is 22.8 Å². The lowest BCUT2D eigenvalue weighted by atomic mass is 10.1. The van der Waals surface area contributed by atoms with E-state index in [1.807, 2.05) is 0 Å². The topological polar surface area (TPSA) is 109 Å². The van der Waals surface area contributed by atoms with E-state index < -0.39 is 6.03 Å². The Morgan fingerprint density at radius 3 is 2.85 bits per heavy atom. The van der Waals surface area contributed by atoms with Crippen LogP contribution in [0.2, 0.25) is 0 Å². The van der Waals surface area contributed by atoms with Crippen molar-refractivity contribution < 1.29 is 13.7 Å². The fourth-order valence-electron chi connectivity index (χ4n) is 2.47. The Kier molecular flexibility index (Phi) is 4.02. The third-order valence-electron chi connectivity index (χ3n) is 3.72. The van der Waals surface area contributed by atoms with Gasteiger partial charge in [-0.3, -0.25) is 10.4 Å². The Labute approximate surface area is 146 Å². The molecule has 26 heavy (non-hydrogen) atoms. The maximum atomic E-state index is 13.1. The fourth-order valence-corrected chi connectivity index (χ4v) is 2.47. The van der Waals surface area contributed by atoms with E-state index in [1.54, 1.807) is 30.5 Å². The summed E-state index contributed by atoms with van der Waals surface area (Å²) in [5.41, 5.74) is 2.13. The molecule has 3 N–H and O–H groups in total. The van der Waals surface area contributed by atoms with Gasteiger partial charge in [-0.1, -0.05) is 5.16 Å². The first-order valence-corrected chi connectivity index (χ1v) is 7.73. The molecule has 3 aromatic heterocycles. The summed E-state index contributed by atoms with van der Waals surface area (Å²) in [7, 11) is 0. The van der Waals surface area contributed by atoms with Gasteiger partial charge in [0.2, 0.25) is 0 Å². The Balaban J connectivity index is 1.49. The summed E-state index contributed by atoms with van der Waals surface area (Å²) in [5.74, 6) is 0.595. The van der Waals surface area contributed by atoms with E-state index in [-0.39, 0.29) is 12.4 Å². The van der Waals surface area contributed by atoms with E-state index in [2.05, 4.69) is 31.0 Å². The molecule has 0 aliphatic heterocycles. The second-order valence-electron chi connectivity index (χ2n) is 5.48. The smallest absolute Gasteiger partial charge is 0.320 e.